The number of halogens is 1. The Kier molecular flexibility index (Phi) is 7.02. The number of carbonyl (C=O) groups is 2. The van der Waals surface area contributed by atoms with Crippen LogP contribution in [-0.2, 0) is 11.2 Å². The number of amides is 2. The van der Waals surface area contributed by atoms with Crippen molar-refractivity contribution in [2.24, 2.45) is 0 Å². The lowest BCUT2D eigenvalue weighted by molar-refractivity contribution is -0.122. The third kappa shape index (κ3) is 5.19. The van der Waals surface area contributed by atoms with Crippen LogP contribution >= 0.6 is 11.6 Å². The lowest BCUT2D eigenvalue weighted by Crippen LogP contribution is -2.51. The van der Waals surface area contributed by atoms with Crippen molar-refractivity contribution < 1.29 is 9.59 Å². The Balaban J connectivity index is 1.17. The maximum Gasteiger partial charge on any atom is 0.259 e. The van der Waals surface area contributed by atoms with Gasteiger partial charge >= 0.3 is 0 Å². The molecule has 35 heavy (non-hydrogen) atoms. The molecule has 1 saturated heterocycles. The van der Waals surface area contributed by atoms with Gasteiger partial charge in [0.1, 0.15) is 6.04 Å². The molecule has 0 spiro atoms. The summed E-state index contributed by atoms with van der Waals surface area (Å²) in [5.41, 5.74) is 3.57. The quantitative estimate of drug-likeness (QED) is 0.572. The third-order valence-corrected chi connectivity index (χ3v) is 7.03. The smallest absolute Gasteiger partial charge is 0.259 e. The molecule has 0 bridgehead atoms. The highest BCUT2D eigenvalue weighted by molar-refractivity contribution is 6.30. The summed E-state index contributed by atoms with van der Waals surface area (Å²) in [6.07, 6.45) is 0.527. The van der Waals surface area contributed by atoms with Crippen LogP contribution in [0.1, 0.15) is 15.9 Å². The molecule has 0 saturated carbocycles. The zero-order valence-electron chi connectivity index (χ0n) is 19.6. The van der Waals surface area contributed by atoms with Crippen LogP contribution in [0.15, 0.2) is 78.9 Å². The van der Waals surface area contributed by atoms with Crippen LogP contribution in [-0.4, -0.2) is 62.0 Å². The van der Waals surface area contributed by atoms with Gasteiger partial charge in [0.05, 0.1) is 0 Å². The molecular weight excluding hydrogens is 460 g/mol. The minimum atomic E-state index is -0.542. The number of benzene rings is 3. The molecule has 1 atom stereocenters. The van der Waals surface area contributed by atoms with Gasteiger partial charge in [-0.05, 0) is 42.0 Å². The number of hydrogen-bond acceptors (Lipinski definition) is 4. The molecule has 2 aliphatic heterocycles. The summed E-state index contributed by atoms with van der Waals surface area (Å²) < 4.78 is 0. The van der Waals surface area contributed by atoms with Crippen molar-refractivity contribution in [1.29, 1.82) is 0 Å². The van der Waals surface area contributed by atoms with E-state index in [0.29, 0.717) is 18.5 Å². The second-order valence-corrected chi connectivity index (χ2v) is 9.43. The van der Waals surface area contributed by atoms with E-state index >= 15 is 0 Å². The molecule has 0 aliphatic carbocycles. The van der Waals surface area contributed by atoms with Gasteiger partial charge in [-0.15, -0.1) is 0 Å². The normalized spacial score (nSPS) is 17.8. The Morgan fingerprint density at radius 2 is 1.63 bits per heavy atom. The minimum Gasteiger partial charge on any atom is -0.369 e. The van der Waals surface area contributed by atoms with Gasteiger partial charge in [0, 0.05) is 67.7 Å². The molecule has 1 N–H and O–H groups in total. The van der Waals surface area contributed by atoms with E-state index in [2.05, 4.69) is 21.2 Å². The van der Waals surface area contributed by atoms with E-state index < -0.39 is 6.04 Å². The lowest BCUT2D eigenvalue weighted by Gasteiger charge is -2.36. The van der Waals surface area contributed by atoms with Gasteiger partial charge in [0.2, 0.25) is 5.91 Å². The number of nitrogens with zero attached hydrogens (tertiary/aromatic N) is 3. The van der Waals surface area contributed by atoms with E-state index in [9.17, 15) is 9.59 Å². The monoisotopic (exact) mass is 488 g/mol. The Morgan fingerprint density at radius 1 is 0.886 bits per heavy atom. The third-order valence-electron chi connectivity index (χ3n) is 6.79. The van der Waals surface area contributed by atoms with Gasteiger partial charge in [-0.2, -0.15) is 0 Å². The summed E-state index contributed by atoms with van der Waals surface area (Å²) in [6.45, 7) is 5.03. The average molecular weight is 489 g/mol. The molecule has 6 nitrogen and oxygen atoms in total. The molecule has 0 unspecified atom stereocenters. The minimum absolute atomic E-state index is 0.108. The summed E-state index contributed by atoms with van der Waals surface area (Å²) in [4.78, 5) is 32.9. The topological polar surface area (TPSA) is 55.9 Å². The van der Waals surface area contributed by atoms with Crippen molar-refractivity contribution >= 4 is 34.8 Å². The Labute approximate surface area is 211 Å². The van der Waals surface area contributed by atoms with E-state index in [0.717, 1.165) is 54.7 Å². The van der Waals surface area contributed by atoms with Crippen LogP contribution in [0, 0.1) is 0 Å². The van der Waals surface area contributed by atoms with E-state index in [1.165, 1.54) is 0 Å². The number of anilines is 2. The number of nitrogens with one attached hydrogen (secondary N) is 1. The van der Waals surface area contributed by atoms with Gasteiger partial charge in [-0.25, -0.2) is 0 Å². The van der Waals surface area contributed by atoms with Crippen molar-refractivity contribution in [3.8, 4) is 0 Å². The predicted octanol–water partition coefficient (Wildman–Crippen LogP) is 3.85. The number of rotatable bonds is 6. The molecule has 2 aliphatic rings. The van der Waals surface area contributed by atoms with Crippen molar-refractivity contribution in [2.45, 2.75) is 12.5 Å². The average Bonchev–Trinajstić information content (AvgIpc) is 3.29. The number of piperazine rings is 1. The van der Waals surface area contributed by atoms with Gasteiger partial charge in [-0.3, -0.25) is 19.4 Å². The SMILES string of the molecule is O=C(NCCN1CCN(c2cccc(Cl)c2)CC1)[C@H]1Cc2ccccc2N1C(=O)c1ccccc1. The standard InChI is InChI=1S/C28H29ClN4O2/c29-23-10-6-11-24(20-23)32-17-15-31(16-18-32)14-13-30-27(34)26-19-22-9-4-5-12-25(22)33(26)28(35)21-7-2-1-3-8-21/h1-12,20,26H,13-19H2,(H,30,34)/t26-/m1/s1. The van der Waals surface area contributed by atoms with Crippen molar-refractivity contribution in [1.82, 2.24) is 10.2 Å². The zero-order chi connectivity index (χ0) is 24.2. The fourth-order valence-corrected chi connectivity index (χ4v) is 5.11. The second-order valence-electron chi connectivity index (χ2n) is 8.99. The lowest BCUT2D eigenvalue weighted by atomic mass is 10.1. The summed E-state index contributed by atoms with van der Waals surface area (Å²) in [5, 5.41) is 3.84. The first kappa shape index (κ1) is 23.4. The van der Waals surface area contributed by atoms with E-state index in [-0.39, 0.29) is 11.8 Å². The fourth-order valence-electron chi connectivity index (χ4n) is 4.92. The molecule has 1 fully saturated rings. The highest BCUT2D eigenvalue weighted by atomic mass is 35.5. The molecule has 2 amide bonds. The molecule has 5 rings (SSSR count). The van der Waals surface area contributed by atoms with E-state index in [1.807, 2.05) is 60.7 Å². The van der Waals surface area contributed by atoms with Crippen LogP contribution in [0.4, 0.5) is 11.4 Å². The largest absolute Gasteiger partial charge is 0.369 e. The highest BCUT2D eigenvalue weighted by Crippen LogP contribution is 2.33. The van der Waals surface area contributed by atoms with Gasteiger partial charge < -0.3 is 10.2 Å². The van der Waals surface area contributed by atoms with Crippen LogP contribution < -0.4 is 15.1 Å². The van der Waals surface area contributed by atoms with Gasteiger partial charge in [0.25, 0.3) is 5.91 Å². The Hall–Kier alpha value is -3.35. The van der Waals surface area contributed by atoms with Gasteiger partial charge in [0.15, 0.2) is 0 Å². The molecule has 7 heteroatoms. The Morgan fingerprint density at radius 3 is 2.40 bits per heavy atom. The highest BCUT2D eigenvalue weighted by Gasteiger charge is 2.38. The molecule has 0 aromatic heterocycles. The molecular formula is C28H29ClN4O2. The van der Waals surface area contributed by atoms with E-state index in [4.69, 9.17) is 11.6 Å². The van der Waals surface area contributed by atoms with Gasteiger partial charge in [-0.1, -0.05) is 54.1 Å². The second kappa shape index (κ2) is 10.5. The maximum absolute atomic E-state index is 13.3. The maximum atomic E-state index is 13.3. The first-order chi connectivity index (χ1) is 17.1. The Bertz CT molecular complexity index is 1190. The van der Waals surface area contributed by atoms with Crippen LogP contribution in [0.2, 0.25) is 5.02 Å². The molecule has 180 valence electrons. The summed E-state index contributed by atoms with van der Waals surface area (Å²) in [6, 6.07) is 24.3. The number of fused-ring (bicyclic) bond motifs is 1. The number of para-hydroxylation sites is 1. The van der Waals surface area contributed by atoms with Crippen LogP contribution in [0.25, 0.3) is 0 Å². The first-order valence-corrected chi connectivity index (χ1v) is 12.4. The first-order valence-electron chi connectivity index (χ1n) is 12.1. The fraction of sp³-hybridized carbons (Fsp3) is 0.286. The molecule has 3 aromatic rings. The predicted molar refractivity (Wildman–Crippen MR) is 140 cm³/mol. The summed E-state index contributed by atoms with van der Waals surface area (Å²) in [7, 11) is 0. The summed E-state index contributed by atoms with van der Waals surface area (Å²) >= 11 is 6.14. The molecule has 3 aromatic carbocycles. The van der Waals surface area contributed by atoms with E-state index in [1.54, 1.807) is 17.0 Å². The number of hydrogen-bond donors (Lipinski definition) is 1. The summed E-state index contributed by atoms with van der Waals surface area (Å²) in [5.74, 6) is -0.254. The van der Waals surface area contributed by atoms with Crippen molar-refractivity contribution in [2.75, 3.05) is 49.1 Å². The van der Waals surface area contributed by atoms with Crippen molar-refractivity contribution in [3.05, 3.63) is 95.0 Å². The molecule has 0 radical (unpaired) electrons. The number of carbonyl (C=O) groups excluding carboxylic acids is 2. The zero-order valence-corrected chi connectivity index (χ0v) is 20.3. The van der Waals surface area contributed by atoms with Crippen molar-refractivity contribution in [3.63, 3.8) is 0 Å². The van der Waals surface area contributed by atoms with Crippen LogP contribution in [0.5, 0.6) is 0 Å². The van der Waals surface area contributed by atoms with Crippen LogP contribution in [0.3, 0.4) is 0 Å². The molecule has 2 heterocycles.